The summed E-state index contributed by atoms with van der Waals surface area (Å²) in [5.74, 6) is -3.83. The Kier molecular flexibility index (Phi) is 5.51. The minimum atomic E-state index is -4.94. The lowest BCUT2D eigenvalue weighted by Crippen LogP contribution is -2.41. The maximum absolute atomic E-state index is 13.1. The molecule has 0 saturated carbocycles. The molecule has 0 bridgehead atoms. The van der Waals surface area contributed by atoms with Gasteiger partial charge in [-0.2, -0.15) is 13.2 Å². The molecule has 4 nitrogen and oxygen atoms in total. The number of aliphatic carboxylic acids is 1. The summed E-state index contributed by atoms with van der Waals surface area (Å²) >= 11 is 0. The quantitative estimate of drug-likeness (QED) is 0.819. The molecule has 0 radical (unpaired) electrons. The number of benzene rings is 1. The van der Waals surface area contributed by atoms with Crippen LogP contribution in [0.4, 0.5) is 17.6 Å². The van der Waals surface area contributed by atoms with Crippen LogP contribution in [0.1, 0.15) is 36.2 Å². The van der Waals surface area contributed by atoms with Gasteiger partial charge in [-0.25, -0.2) is 9.18 Å². The van der Waals surface area contributed by atoms with Crippen molar-refractivity contribution in [2.75, 3.05) is 0 Å². The van der Waals surface area contributed by atoms with E-state index < -0.39 is 41.0 Å². The second kappa shape index (κ2) is 6.76. The van der Waals surface area contributed by atoms with Gasteiger partial charge in [0, 0.05) is 5.56 Å². The number of carboxylic acids is 1. The first-order chi connectivity index (χ1) is 10.0. The van der Waals surface area contributed by atoms with Crippen LogP contribution in [0.3, 0.4) is 0 Å². The fourth-order valence-electron chi connectivity index (χ4n) is 1.82. The number of rotatable bonds is 5. The normalized spacial score (nSPS) is 13.0. The summed E-state index contributed by atoms with van der Waals surface area (Å²) in [6, 6.07) is 0.523. The molecule has 22 heavy (non-hydrogen) atoms. The van der Waals surface area contributed by atoms with Crippen LogP contribution in [0, 0.1) is 11.7 Å². The third kappa shape index (κ3) is 4.71. The lowest BCUT2D eigenvalue weighted by molar-refractivity contribution is -0.140. The molecule has 0 fully saturated rings. The highest BCUT2D eigenvalue weighted by atomic mass is 19.4. The molecule has 0 aliphatic rings. The first kappa shape index (κ1) is 17.9. The van der Waals surface area contributed by atoms with Crippen LogP contribution < -0.4 is 5.32 Å². The maximum Gasteiger partial charge on any atom is 0.419 e. The van der Waals surface area contributed by atoms with E-state index in [1.54, 1.807) is 13.8 Å². The molecule has 1 amide bonds. The Morgan fingerprint density at radius 2 is 1.86 bits per heavy atom. The summed E-state index contributed by atoms with van der Waals surface area (Å²) in [6.45, 7) is 3.48. The monoisotopic (exact) mass is 321 g/mol. The molecule has 1 unspecified atom stereocenters. The van der Waals surface area contributed by atoms with Crippen LogP contribution in [0.15, 0.2) is 18.2 Å². The summed E-state index contributed by atoms with van der Waals surface area (Å²) in [7, 11) is 0. The molecule has 0 aliphatic heterocycles. The fourth-order valence-corrected chi connectivity index (χ4v) is 1.82. The lowest BCUT2D eigenvalue weighted by Gasteiger charge is -2.17. The standard InChI is InChI=1S/C14H15F4NO3/c1-7(2)5-11(13(21)22)19-12(20)8-3-4-10(15)9(6-8)14(16,17)18/h3-4,6-7,11H,5H2,1-2H3,(H,19,20)(H,21,22). The van der Waals surface area contributed by atoms with Gasteiger partial charge < -0.3 is 10.4 Å². The smallest absolute Gasteiger partial charge is 0.419 e. The Labute approximate surface area is 124 Å². The zero-order chi connectivity index (χ0) is 17.1. The van der Waals surface area contributed by atoms with E-state index in [9.17, 15) is 27.2 Å². The average Bonchev–Trinajstić information content (AvgIpc) is 2.36. The van der Waals surface area contributed by atoms with E-state index in [1.165, 1.54) is 0 Å². The number of halogens is 4. The molecular formula is C14H15F4NO3. The number of hydrogen-bond acceptors (Lipinski definition) is 2. The summed E-state index contributed by atoms with van der Waals surface area (Å²) in [5.41, 5.74) is -2.03. The van der Waals surface area contributed by atoms with Crippen molar-refractivity contribution >= 4 is 11.9 Å². The van der Waals surface area contributed by atoms with Gasteiger partial charge in [-0.05, 0) is 30.5 Å². The molecule has 1 atom stereocenters. The third-order valence-electron chi connectivity index (χ3n) is 2.84. The van der Waals surface area contributed by atoms with Crippen molar-refractivity contribution in [2.24, 2.45) is 5.92 Å². The van der Waals surface area contributed by atoms with Crippen molar-refractivity contribution < 1.29 is 32.3 Å². The van der Waals surface area contributed by atoms with E-state index in [4.69, 9.17) is 5.11 Å². The first-order valence-corrected chi connectivity index (χ1v) is 6.42. The van der Waals surface area contributed by atoms with Crippen molar-refractivity contribution in [1.29, 1.82) is 0 Å². The van der Waals surface area contributed by atoms with Gasteiger partial charge in [0.1, 0.15) is 11.9 Å². The molecule has 8 heteroatoms. The van der Waals surface area contributed by atoms with Crippen LogP contribution in [0.2, 0.25) is 0 Å². The molecule has 2 N–H and O–H groups in total. The number of carbonyl (C=O) groups excluding carboxylic acids is 1. The van der Waals surface area contributed by atoms with E-state index in [0.29, 0.717) is 12.1 Å². The second-order valence-electron chi connectivity index (χ2n) is 5.19. The molecular weight excluding hydrogens is 306 g/mol. The topological polar surface area (TPSA) is 66.4 Å². The van der Waals surface area contributed by atoms with Gasteiger partial charge in [0.2, 0.25) is 0 Å². The van der Waals surface area contributed by atoms with Crippen LogP contribution in [0.25, 0.3) is 0 Å². The lowest BCUT2D eigenvalue weighted by atomic mass is 10.0. The van der Waals surface area contributed by atoms with Gasteiger partial charge in [-0.1, -0.05) is 13.8 Å². The molecule has 0 aromatic heterocycles. The van der Waals surface area contributed by atoms with Gasteiger partial charge in [0.05, 0.1) is 5.56 Å². The molecule has 0 aliphatic carbocycles. The number of carboxylic acid groups (broad SMARTS) is 1. The Bertz CT molecular complexity index is 570. The average molecular weight is 321 g/mol. The van der Waals surface area contributed by atoms with Gasteiger partial charge in [0.25, 0.3) is 5.91 Å². The fraction of sp³-hybridized carbons (Fsp3) is 0.429. The zero-order valence-corrected chi connectivity index (χ0v) is 11.9. The number of nitrogens with one attached hydrogen (secondary N) is 1. The number of carbonyl (C=O) groups is 2. The van der Waals surface area contributed by atoms with E-state index in [2.05, 4.69) is 5.32 Å². The van der Waals surface area contributed by atoms with Crippen LogP contribution in [0.5, 0.6) is 0 Å². The third-order valence-corrected chi connectivity index (χ3v) is 2.84. The molecule has 0 saturated heterocycles. The summed E-state index contributed by atoms with van der Waals surface area (Å²) in [4.78, 5) is 22.9. The van der Waals surface area contributed by atoms with Gasteiger partial charge in [0.15, 0.2) is 0 Å². The number of amides is 1. The molecule has 0 heterocycles. The Hall–Kier alpha value is -2.12. The van der Waals surface area contributed by atoms with E-state index in [0.717, 1.165) is 6.07 Å². The minimum absolute atomic E-state index is 0.0413. The highest BCUT2D eigenvalue weighted by molar-refractivity contribution is 5.96. The Morgan fingerprint density at radius 1 is 1.27 bits per heavy atom. The van der Waals surface area contributed by atoms with Crippen molar-refractivity contribution in [3.8, 4) is 0 Å². The van der Waals surface area contributed by atoms with Crippen molar-refractivity contribution in [2.45, 2.75) is 32.5 Å². The zero-order valence-electron chi connectivity index (χ0n) is 11.9. The minimum Gasteiger partial charge on any atom is -0.480 e. The van der Waals surface area contributed by atoms with E-state index in [1.807, 2.05) is 0 Å². The van der Waals surface area contributed by atoms with Crippen LogP contribution >= 0.6 is 0 Å². The van der Waals surface area contributed by atoms with Gasteiger partial charge in [-0.3, -0.25) is 4.79 Å². The number of alkyl halides is 3. The van der Waals surface area contributed by atoms with E-state index in [-0.39, 0.29) is 12.3 Å². The predicted octanol–water partition coefficient (Wildman–Crippen LogP) is 3.07. The van der Waals surface area contributed by atoms with Gasteiger partial charge >= 0.3 is 12.1 Å². The Morgan fingerprint density at radius 3 is 2.32 bits per heavy atom. The Balaban J connectivity index is 3.00. The summed E-state index contributed by atoms with van der Waals surface area (Å²) in [5, 5.41) is 11.1. The number of hydrogen-bond donors (Lipinski definition) is 2. The molecule has 1 aromatic carbocycles. The SMILES string of the molecule is CC(C)CC(NC(=O)c1ccc(F)c(C(F)(F)F)c1)C(=O)O. The van der Waals surface area contributed by atoms with Crippen molar-refractivity contribution in [3.63, 3.8) is 0 Å². The van der Waals surface area contributed by atoms with Gasteiger partial charge in [-0.15, -0.1) is 0 Å². The summed E-state index contributed by atoms with van der Waals surface area (Å²) < 4.78 is 50.9. The van der Waals surface area contributed by atoms with Crippen LogP contribution in [-0.4, -0.2) is 23.0 Å². The molecule has 122 valence electrons. The van der Waals surface area contributed by atoms with Crippen molar-refractivity contribution in [1.82, 2.24) is 5.32 Å². The van der Waals surface area contributed by atoms with Crippen LogP contribution in [-0.2, 0) is 11.0 Å². The second-order valence-corrected chi connectivity index (χ2v) is 5.19. The van der Waals surface area contributed by atoms with Crippen molar-refractivity contribution in [3.05, 3.63) is 35.1 Å². The molecule has 1 aromatic rings. The largest absolute Gasteiger partial charge is 0.480 e. The molecule has 0 spiro atoms. The highest BCUT2D eigenvalue weighted by Gasteiger charge is 2.35. The highest BCUT2D eigenvalue weighted by Crippen LogP contribution is 2.31. The predicted molar refractivity (Wildman–Crippen MR) is 69.7 cm³/mol. The maximum atomic E-state index is 13.1. The van der Waals surface area contributed by atoms with E-state index >= 15 is 0 Å². The molecule has 1 rings (SSSR count). The summed E-state index contributed by atoms with van der Waals surface area (Å²) in [6.07, 6.45) is -4.82. The first-order valence-electron chi connectivity index (χ1n) is 6.42.